The minimum atomic E-state index is -0.337. The van der Waals surface area contributed by atoms with Gasteiger partial charge in [-0.3, -0.25) is 4.79 Å². The normalized spacial score (nSPS) is 11.0. The van der Waals surface area contributed by atoms with Crippen LogP contribution >= 0.6 is 11.5 Å². The van der Waals surface area contributed by atoms with E-state index in [2.05, 4.69) is 25.9 Å². The number of fused-ring (bicyclic) bond motifs is 1. The first-order chi connectivity index (χ1) is 11.4. The molecule has 0 atom stereocenters. The van der Waals surface area contributed by atoms with Crippen molar-refractivity contribution < 1.29 is 9.32 Å². The molecule has 0 aromatic carbocycles. The molecule has 3 aromatic heterocycles. The summed E-state index contributed by atoms with van der Waals surface area (Å²) in [6.07, 6.45) is 0. The minimum absolute atomic E-state index is 0.131. The molecule has 3 aromatic rings. The fraction of sp³-hybridized carbons (Fsp3) is 0.312. The lowest BCUT2D eigenvalue weighted by atomic mass is 10.0. The van der Waals surface area contributed by atoms with Crippen molar-refractivity contribution in [1.82, 2.24) is 14.5 Å². The summed E-state index contributed by atoms with van der Waals surface area (Å²) in [7, 11) is 0. The third kappa shape index (κ3) is 2.63. The van der Waals surface area contributed by atoms with Crippen molar-refractivity contribution in [1.29, 1.82) is 5.26 Å². The van der Waals surface area contributed by atoms with E-state index in [0.29, 0.717) is 38.6 Å². The zero-order chi connectivity index (χ0) is 17.4. The van der Waals surface area contributed by atoms with Gasteiger partial charge in [-0.2, -0.15) is 9.64 Å². The molecule has 0 unspecified atom stereocenters. The number of carbonyl (C=O) groups is 1. The Hall–Kier alpha value is -2.79. The van der Waals surface area contributed by atoms with Gasteiger partial charge in [-0.25, -0.2) is 4.98 Å². The Kier molecular flexibility index (Phi) is 4.03. The molecule has 1 amide bonds. The molecule has 3 rings (SSSR count). The topological polar surface area (TPSA) is 105 Å². The number of amides is 1. The van der Waals surface area contributed by atoms with Gasteiger partial charge in [0.15, 0.2) is 0 Å². The van der Waals surface area contributed by atoms with Crippen molar-refractivity contribution in [2.24, 2.45) is 0 Å². The van der Waals surface area contributed by atoms with Gasteiger partial charge in [0.2, 0.25) is 0 Å². The third-order valence-corrected chi connectivity index (χ3v) is 4.53. The maximum Gasteiger partial charge on any atom is 0.259 e. The highest BCUT2D eigenvalue weighted by atomic mass is 32.1. The fourth-order valence-corrected chi connectivity index (χ4v) is 3.09. The molecule has 122 valence electrons. The largest absolute Gasteiger partial charge is 0.336 e. The summed E-state index contributed by atoms with van der Waals surface area (Å²) < 4.78 is 9.34. The molecule has 0 radical (unpaired) electrons. The van der Waals surface area contributed by atoms with Crippen LogP contribution in [0.4, 0.5) is 5.00 Å². The molecule has 1 N–H and O–H groups in total. The average molecular weight is 341 g/mol. The molecule has 0 fully saturated rings. The van der Waals surface area contributed by atoms with Gasteiger partial charge in [0.25, 0.3) is 11.6 Å². The highest BCUT2D eigenvalue weighted by Gasteiger charge is 2.21. The Bertz CT molecular complexity index is 980. The van der Waals surface area contributed by atoms with E-state index in [1.54, 1.807) is 19.9 Å². The number of nitrogens with zero attached hydrogens (tertiary/aromatic N) is 4. The molecule has 7 nitrogen and oxygen atoms in total. The van der Waals surface area contributed by atoms with Crippen LogP contribution in [0.2, 0.25) is 0 Å². The van der Waals surface area contributed by atoms with E-state index in [0.717, 1.165) is 17.2 Å². The summed E-state index contributed by atoms with van der Waals surface area (Å²) >= 11 is 1.09. The summed E-state index contributed by atoms with van der Waals surface area (Å²) in [5.41, 5.74) is 3.08. The second-order valence-electron chi connectivity index (χ2n) is 5.74. The predicted octanol–water partition coefficient (Wildman–Crippen LogP) is 3.54. The summed E-state index contributed by atoms with van der Waals surface area (Å²) in [5.74, 6) is -0.206. The van der Waals surface area contributed by atoms with E-state index < -0.39 is 0 Å². The maximum atomic E-state index is 12.8. The molecule has 0 saturated carbocycles. The number of nitrogens with one attached hydrogen (secondary N) is 1. The van der Waals surface area contributed by atoms with Crippen LogP contribution in [0.3, 0.4) is 0 Å². The number of hydrogen-bond donors (Lipinski definition) is 1. The molecule has 24 heavy (non-hydrogen) atoms. The first kappa shape index (κ1) is 16.1. The van der Waals surface area contributed by atoms with Crippen LogP contribution in [0, 0.1) is 25.2 Å². The maximum absolute atomic E-state index is 12.8. The number of hydrogen-bond acceptors (Lipinski definition) is 7. The van der Waals surface area contributed by atoms with Crippen molar-refractivity contribution >= 4 is 33.5 Å². The highest BCUT2D eigenvalue weighted by Crippen LogP contribution is 2.28. The molecule has 0 bridgehead atoms. The first-order valence-corrected chi connectivity index (χ1v) is 8.14. The SMILES string of the molecule is Cc1nsc(NC(=O)c2cc(C(C)C)nc3onc(C)c23)c1C#N. The van der Waals surface area contributed by atoms with Gasteiger partial charge in [0.1, 0.15) is 16.6 Å². The molecule has 0 aliphatic rings. The first-order valence-electron chi connectivity index (χ1n) is 7.37. The van der Waals surface area contributed by atoms with E-state index in [-0.39, 0.29) is 11.8 Å². The van der Waals surface area contributed by atoms with Crippen molar-refractivity contribution in [3.63, 3.8) is 0 Å². The number of carbonyl (C=O) groups excluding carboxylic acids is 1. The quantitative estimate of drug-likeness (QED) is 0.781. The van der Waals surface area contributed by atoms with E-state index in [1.807, 2.05) is 13.8 Å². The van der Waals surface area contributed by atoms with Gasteiger partial charge in [0.05, 0.1) is 22.3 Å². The molecule has 8 heteroatoms. The molecule has 0 aliphatic heterocycles. The number of nitriles is 1. The molecule has 0 saturated heterocycles. The van der Waals surface area contributed by atoms with Crippen LogP contribution < -0.4 is 5.32 Å². The second-order valence-corrected chi connectivity index (χ2v) is 6.51. The van der Waals surface area contributed by atoms with E-state index in [1.165, 1.54) is 0 Å². The Morgan fingerprint density at radius 3 is 2.79 bits per heavy atom. The standard InChI is InChI=1S/C16H15N5O2S/c1-7(2)12-5-10(13-9(4)20-23-15(13)18-12)14(22)19-16-11(6-17)8(3)21-24-16/h5,7H,1-4H3,(H,19,22). The molecule has 0 spiro atoms. The summed E-state index contributed by atoms with van der Waals surface area (Å²) in [6, 6.07) is 3.81. The highest BCUT2D eigenvalue weighted by molar-refractivity contribution is 7.10. The number of anilines is 1. The van der Waals surface area contributed by atoms with Gasteiger partial charge in [-0.15, -0.1) is 0 Å². The molecular weight excluding hydrogens is 326 g/mol. The number of aryl methyl sites for hydroxylation is 2. The van der Waals surface area contributed by atoms with Crippen molar-refractivity contribution in [2.75, 3.05) is 5.32 Å². The van der Waals surface area contributed by atoms with Crippen LogP contribution in [0.5, 0.6) is 0 Å². The smallest absolute Gasteiger partial charge is 0.259 e. The van der Waals surface area contributed by atoms with Crippen molar-refractivity contribution in [3.05, 3.63) is 34.3 Å². The van der Waals surface area contributed by atoms with Gasteiger partial charge >= 0.3 is 0 Å². The van der Waals surface area contributed by atoms with Crippen LogP contribution in [0.25, 0.3) is 11.1 Å². The molecular formula is C16H15N5O2S. The van der Waals surface area contributed by atoms with E-state index >= 15 is 0 Å². The van der Waals surface area contributed by atoms with Gasteiger partial charge in [-0.05, 0) is 37.4 Å². The van der Waals surface area contributed by atoms with E-state index in [4.69, 9.17) is 4.52 Å². The van der Waals surface area contributed by atoms with E-state index in [9.17, 15) is 10.1 Å². The Morgan fingerprint density at radius 1 is 1.38 bits per heavy atom. The molecule has 0 aliphatic carbocycles. The fourth-order valence-electron chi connectivity index (χ4n) is 2.35. The van der Waals surface area contributed by atoms with Gasteiger partial charge in [-0.1, -0.05) is 19.0 Å². The number of rotatable bonds is 3. The van der Waals surface area contributed by atoms with Gasteiger partial charge in [0, 0.05) is 5.69 Å². The van der Waals surface area contributed by atoms with Crippen LogP contribution in [-0.2, 0) is 0 Å². The lowest BCUT2D eigenvalue weighted by Gasteiger charge is -2.08. The van der Waals surface area contributed by atoms with Crippen LogP contribution in [0.15, 0.2) is 10.6 Å². The third-order valence-electron chi connectivity index (χ3n) is 3.67. The lowest BCUT2D eigenvalue weighted by molar-refractivity contribution is 0.102. The molecule has 3 heterocycles. The zero-order valence-corrected chi connectivity index (χ0v) is 14.5. The monoisotopic (exact) mass is 341 g/mol. The summed E-state index contributed by atoms with van der Waals surface area (Å²) in [4.78, 5) is 17.2. The Balaban J connectivity index is 2.09. The van der Waals surface area contributed by atoms with Crippen molar-refractivity contribution in [2.45, 2.75) is 33.6 Å². The zero-order valence-electron chi connectivity index (χ0n) is 13.7. The summed E-state index contributed by atoms with van der Waals surface area (Å²) in [6.45, 7) is 7.46. The van der Waals surface area contributed by atoms with Crippen LogP contribution in [0.1, 0.15) is 52.8 Å². The van der Waals surface area contributed by atoms with Crippen molar-refractivity contribution in [3.8, 4) is 6.07 Å². The van der Waals surface area contributed by atoms with Gasteiger partial charge < -0.3 is 9.84 Å². The number of aromatic nitrogens is 3. The Labute approximate surface area is 142 Å². The Morgan fingerprint density at radius 2 is 2.12 bits per heavy atom. The average Bonchev–Trinajstić information content (AvgIpc) is 3.09. The van der Waals surface area contributed by atoms with Crippen LogP contribution in [-0.4, -0.2) is 20.4 Å². The predicted molar refractivity (Wildman–Crippen MR) is 90.1 cm³/mol. The number of pyridine rings is 1. The summed E-state index contributed by atoms with van der Waals surface area (Å²) in [5, 5.41) is 16.9. The second kappa shape index (κ2) is 6.02. The lowest BCUT2D eigenvalue weighted by Crippen LogP contribution is -2.13. The minimum Gasteiger partial charge on any atom is -0.336 e.